The van der Waals surface area contributed by atoms with Crippen LogP contribution in [0.5, 0.6) is 0 Å². The van der Waals surface area contributed by atoms with Crippen LogP contribution < -0.4 is 5.32 Å². The first-order valence-electron chi connectivity index (χ1n) is 7.38. The molecular formula is C15H21N3O2. The fourth-order valence-corrected chi connectivity index (χ4v) is 3.54. The highest BCUT2D eigenvalue weighted by atomic mass is 16.6. The zero-order chi connectivity index (χ0) is 14.1. The first-order valence-corrected chi connectivity index (χ1v) is 7.38. The molecule has 2 saturated heterocycles. The maximum atomic E-state index is 10.9. The molecule has 3 rings (SSSR count). The monoisotopic (exact) mass is 275 g/mol. The fourth-order valence-electron chi connectivity index (χ4n) is 3.54. The molecule has 2 fully saturated rings. The first-order chi connectivity index (χ1) is 9.61. The van der Waals surface area contributed by atoms with Crippen LogP contribution in [0.4, 0.5) is 11.4 Å². The van der Waals surface area contributed by atoms with Gasteiger partial charge in [0.1, 0.15) is 0 Å². The Hall–Kier alpha value is -1.62. The van der Waals surface area contributed by atoms with Crippen LogP contribution in [0.1, 0.15) is 31.2 Å². The topological polar surface area (TPSA) is 58.4 Å². The summed E-state index contributed by atoms with van der Waals surface area (Å²) in [6, 6.07) is 6.41. The molecule has 1 N–H and O–H groups in total. The summed E-state index contributed by atoms with van der Waals surface area (Å²) >= 11 is 0. The van der Waals surface area contributed by atoms with Gasteiger partial charge in [-0.05, 0) is 50.8 Å². The molecule has 20 heavy (non-hydrogen) atoms. The number of nitro benzene ring substituents is 1. The fraction of sp³-hybridized carbons (Fsp3) is 0.600. The van der Waals surface area contributed by atoms with E-state index in [0.717, 1.165) is 30.6 Å². The number of piperidine rings is 1. The number of aryl methyl sites for hydroxylation is 1. The number of non-ortho nitro benzene ring substituents is 1. The minimum Gasteiger partial charge on any atom is -0.382 e. The Kier molecular flexibility index (Phi) is 3.61. The maximum absolute atomic E-state index is 10.9. The summed E-state index contributed by atoms with van der Waals surface area (Å²) in [6.45, 7) is 4.29. The Morgan fingerprint density at radius 3 is 2.95 bits per heavy atom. The molecule has 0 bridgehead atoms. The number of fused-ring (bicyclic) bond motifs is 1. The van der Waals surface area contributed by atoms with Crippen molar-refractivity contribution >= 4 is 11.4 Å². The van der Waals surface area contributed by atoms with E-state index in [9.17, 15) is 10.1 Å². The van der Waals surface area contributed by atoms with E-state index in [1.165, 1.54) is 19.4 Å². The Morgan fingerprint density at radius 2 is 2.15 bits per heavy atom. The van der Waals surface area contributed by atoms with Crippen molar-refractivity contribution in [2.45, 2.75) is 44.7 Å². The zero-order valence-corrected chi connectivity index (χ0v) is 11.8. The molecule has 1 aromatic rings. The van der Waals surface area contributed by atoms with Crippen LogP contribution in [-0.2, 0) is 0 Å². The third-order valence-corrected chi connectivity index (χ3v) is 4.46. The van der Waals surface area contributed by atoms with E-state index in [-0.39, 0.29) is 10.6 Å². The van der Waals surface area contributed by atoms with Crippen LogP contribution in [0, 0.1) is 17.0 Å². The van der Waals surface area contributed by atoms with E-state index in [4.69, 9.17) is 0 Å². The lowest BCUT2D eigenvalue weighted by Crippen LogP contribution is -2.42. The van der Waals surface area contributed by atoms with Crippen LogP contribution in [0.3, 0.4) is 0 Å². The lowest BCUT2D eigenvalue weighted by molar-refractivity contribution is -0.384. The largest absolute Gasteiger partial charge is 0.382 e. The Bertz CT molecular complexity index is 518. The van der Waals surface area contributed by atoms with Gasteiger partial charge in [-0.2, -0.15) is 0 Å². The Balaban J connectivity index is 1.70. The summed E-state index contributed by atoms with van der Waals surface area (Å²) in [5, 5.41) is 14.4. The van der Waals surface area contributed by atoms with Crippen molar-refractivity contribution in [2.24, 2.45) is 0 Å². The van der Waals surface area contributed by atoms with Crippen LogP contribution >= 0.6 is 0 Å². The Labute approximate surface area is 119 Å². The predicted octanol–water partition coefficient (Wildman–Crippen LogP) is 2.94. The molecule has 0 amide bonds. The van der Waals surface area contributed by atoms with Crippen molar-refractivity contribution in [1.82, 2.24) is 4.90 Å². The molecule has 0 radical (unpaired) electrons. The van der Waals surface area contributed by atoms with Crippen LogP contribution in [0.2, 0.25) is 0 Å². The molecule has 5 heteroatoms. The van der Waals surface area contributed by atoms with Gasteiger partial charge in [0.2, 0.25) is 0 Å². The molecule has 2 heterocycles. The third kappa shape index (κ3) is 2.77. The standard InChI is InChI=1S/C15H21N3O2/c1-11-7-13(10-15(8-11)18(19)20)16-12-4-6-17-5-2-3-14(17)9-12/h7-8,10,12,14,16H,2-6,9H2,1H3. The van der Waals surface area contributed by atoms with Crippen molar-refractivity contribution in [1.29, 1.82) is 0 Å². The van der Waals surface area contributed by atoms with E-state index < -0.39 is 0 Å². The molecule has 2 atom stereocenters. The van der Waals surface area contributed by atoms with Crippen LogP contribution in [-0.4, -0.2) is 35.0 Å². The lowest BCUT2D eigenvalue weighted by Gasteiger charge is -2.35. The lowest BCUT2D eigenvalue weighted by atomic mass is 9.97. The van der Waals surface area contributed by atoms with E-state index >= 15 is 0 Å². The molecule has 2 aliphatic rings. The number of hydrogen-bond acceptors (Lipinski definition) is 4. The quantitative estimate of drug-likeness (QED) is 0.680. The summed E-state index contributed by atoms with van der Waals surface area (Å²) in [5.41, 5.74) is 1.99. The molecule has 5 nitrogen and oxygen atoms in total. The molecule has 2 aliphatic heterocycles. The van der Waals surface area contributed by atoms with Crippen LogP contribution in [0.25, 0.3) is 0 Å². The zero-order valence-electron chi connectivity index (χ0n) is 11.8. The molecule has 0 spiro atoms. The van der Waals surface area contributed by atoms with Gasteiger partial charge in [-0.25, -0.2) is 0 Å². The number of hydrogen-bond donors (Lipinski definition) is 1. The van der Waals surface area contributed by atoms with Crippen molar-refractivity contribution < 1.29 is 4.92 Å². The third-order valence-electron chi connectivity index (χ3n) is 4.46. The van der Waals surface area contributed by atoms with Gasteiger partial charge in [0.15, 0.2) is 0 Å². The molecular weight excluding hydrogens is 254 g/mol. The average Bonchev–Trinajstić information content (AvgIpc) is 2.85. The van der Waals surface area contributed by atoms with E-state index in [1.54, 1.807) is 12.1 Å². The van der Waals surface area contributed by atoms with Gasteiger partial charge < -0.3 is 10.2 Å². The van der Waals surface area contributed by atoms with Crippen molar-refractivity contribution in [3.8, 4) is 0 Å². The van der Waals surface area contributed by atoms with Gasteiger partial charge in [0, 0.05) is 36.4 Å². The molecule has 2 unspecified atom stereocenters. The highest BCUT2D eigenvalue weighted by molar-refractivity contribution is 5.54. The molecule has 0 aliphatic carbocycles. The first kappa shape index (κ1) is 13.4. The summed E-state index contributed by atoms with van der Waals surface area (Å²) in [5.74, 6) is 0. The average molecular weight is 275 g/mol. The normalized spacial score (nSPS) is 26.2. The summed E-state index contributed by atoms with van der Waals surface area (Å²) in [7, 11) is 0. The molecule has 108 valence electrons. The molecule has 0 saturated carbocycles. The SMILES string of the molecule is Cc1cc(NC2CCN3CCCC3C2)cc([N+](=O)[O-])c1. The number of rotatable bonds is 3. The van der Waals surface area contributed by atoms with Gasteiger partial charge in [-0.15, -0.1) is 0 Å². The smallest absolute Gasteiger partial charge is 0.271 e. The second kappa shape index (κ2) is 5.40. The van der Waals surface area contributed by atoms with E-state index in [1.807, 2.05) is 13.0 Å². The highest BCUT2D eigenvalue weighted by Gasteiger charge is 2.31. The number of benzene rings is 1. The van der Waals surface area contributed by atoms with Gasteiger partial charge in [-0.3, -0.25) is 10.1 Å². The summed E-state index contributed by atoms with van der Waals surface area (Å²) in [4.78, 5) is 13.2. The van der Waals surface area contributed by atoms with Crippen molar-refractivity contribution in [3.05, 3.63) is 33.9 Å². The van der Waals surface area contributed by atoms with Gasteiger partial charge in [-0.1, -0.05) is 0 Å². The second-order valence-corrected chi connectivity index (χ2v) is 6.01. The van der Waals surface area contributed by atoms with Crippen LogP contribution in [0.15, 0.2) is 18.2 Å². The Morgan fingerprint density at radius 1 is 1.30 bits per heavy atom. The maximum Gasteiger partial charge on any atom is 0.271 e. The summed E-state index contributed by atoms with van der Waals surface area (Å²) < 4.78 is 0. The van der Waals surface area contributed by atoms with Gasteiger partial charge >= 0.3 is 0 Å². The highest BCUT2D eigenvalue weighted by Crippen LogP contribution is 2.29. The van der Waals surface area contributed by atoms with Gasteiger partial charge in [0.05, 0.1) is 4.92 Å². The number of nitro groups is 1. The molecule has 1 aromatic carbocycles. The minimum absolute atomic E-state index is 0.172. The summed E-state index contributed by atoms with van der Waals surface area (Å²) in [6.07, 6.45) is 4.89. The number of anilines is 1. The number of nitrogens with one attached hydrogen (secondary N) is 1. The second-order valence-electron chi connectivity index (χ2n) is 6.01. The van der Waals surface area contributed by atoms with E-state index in [0.29, 0.717) is 12.1 Å². The molecule has 0 aromatic heterocycles. The predicted molar refractivity (Wildman–Crippen MR) is 79.1 cm³/mol. The van der Waals surface area contributed by atoms with Gasteiger partial charge in [0.25, 0.3) is 5.69 Å². The minimum atomic E-state index is -0.322. The number of nitrogens with zero attached hydrogens (tertiary/aromatic N) is 2. The van der Waals surface area contributed by atoms with Crippen molar-refractivity contribution in [3.63, 3.8) is 0 Å². The van der Waals surface area contributed by atoms with Crippen molar-refractivity contribution in [2.75, 3.05) is 18.4 Å². The van der Waals surface area contributed by atoms with E-state index in [2.05, 4.69) is 10.2 Å².